The Morgan fingerprint density at radius 1 is 1.08 bits per heavy atom. The molecule has 0 amide bonds. The van der Waals surface area contributed by atoms with Gasteiger partial charge in [-0.2, -0.15) is 10.1 Å². The van der Waals surface area contributed by atoms with E-state index in [-0.39, 0.29) is 0 Å². The van der Waals surface area contributed by atoms with Gasteiger partial charge < -0.3 is 10.6 Å². The van der Waals surface area contributed by atoms with Crippen LogP contribution in [0.2, 0.25) is 0 Å². The number of nitrogens with one attached hydrogen (secondary N) is 3. The molecule has 0 radical (unpaired) electrons. The van der Waals surface area contributed by atoms with Crippen LogP contribution in [0.15, 0.2) is 24.4 Å². The minimum Gasteiger partial charge on any atom is -0.365 e. The van der Waals surface area contributed by atoms with Crippen molar-refractivity contribution >= 4 is 23.1 Å². The molecule has 7 nitrogen and oxygen atoms in total. The zero-order valence-electron chi connectivity index (χ0n) is 14.9. The Morgan fingerprint density at radius 2 is 1.92 bits per heavy atom. The molecule has 0 saturated heterocycles. The van der Waals surface area contributed by atoms with E-state index >= 15 is 0 Å². The summed E-state index contributed by atoms with van der Waals surface area (Å²) < 4.78 is 1.88. The molecule has 0 aromatic carbocycles. The van der Waals surface area contributed by atoms with Gasteiger partial charge in [0.05, 0.1) is 0 Å². The summed E-state index contributed by atoms with van der Waals surface area (Å²) in [5.41, 5.74) is 2.21. The fourth-order valence-corrected chi connectivity index (χ4v) is 3.83. The summed E-state index contributed by atoms with van der Waals surface area (Å²) in [4.78, 5) is 4.75. The van der Waals surface area contributed by atoms with Crippen molar-refractivity contribution in [2.45, 2.75) is 63.3 Å². The molecule has 7 heteroatoms. The van der Waals surface area contributed by atoms with Gasteiger partial charge in [0.25, 0.3) is 0 Å². The Morgan fingerprint density at radius 3 is 2.73 bits per heavy atom. The van der Waals surface area contributed by atoms with E-state index in [1.54, 1.807) is 0 Å². The van der Waals surface area contributed by atoms with E-state index < -0.39 is 0 Å². The van der Waals surface area contributed by atoms with E-state index in [2.05, 4.69) is 38.1 Å². The summed E-state index contributed by atoms with van der Waals surface area (Å²) in [6.45, 7) is 0. The van der Waals surface area contributed by atoms with Crippen LogP contribution >= 0.6 is 0 Å². The second-order valence-electron chi connectivity index (χ2n) is 7.56. The lowest BCUT2D eigenvalue weighted by atomic mass is 10.1. The zero-order chi connectivity index (χ0) is 17.3. The molecule has 0 atom stereocenters. The molecule has 2 aliphatic rings. The fourth-order valence-electron chi connectivity index (χ4n) is 3.83. The average Bonchev–Trinajstić information content (AvgIpc) is 3.30. The molecule has 2 fully saturated rings. The first kappa shape index (κ1) is 15.7. The van der Waals surface area contributed by atoms with Crippen molar-refractivity contribution in [3.8, 4) is 0 Å². The zero-order valence-corrected chi connectivity index (χ0v) is 14.9. The molecule has 2 aliphatic carbocycles. The molecular formula is C19H25N7. The van der Waals surface area contributed by atoms with Crippen LogP contribution in [-0.4, -0.2) is 30.8 Å². The third-order valence-corrected chi connectivity index (χ3v) is 5.44. The maximum Gasteiger partial charge on any atom is 0.248 e. The Hall–Kier alpha value is -2.57. The highest BCUT2D eigenvalue weighted by molar-refractivity contribution is 5.69. The van der Waals surface area contributed by atoms with E-state index in [1.165, 1.54) is 57.1 Å². The lowest BCUT2D eigenvalue weighted by Gasteiger charge is -2.18. The van der Waals surface area contributed by atoms with Crippen LogP contribution in [0.25, 0.3) is 5.52 Å². The molecule has 26 heavy (non-hydrogen) atoms. The predicted molar refractivity (Wildman–Crippen MR) is 102 cm³/mol. The van der Waals surface area contributed by atoms with Gasteiger partial charge in [-0.15, -0.1) is 5.10 Å². The van der Waals surface area contributed by atoms with Crippen molar-refractivity contribution in [2.75, 3.05) is 10.6 Å². The van der Waals surface area contributed by atoms with Crippen LogP contribution in [0.5, 0.6) is 0 Å². The van der Waals surface area contributed by atoms with Crippen LogP contribution < -0.4 is 10.6 Å². The minimum atomic E-state index is 0.491. The summed E-state index contributed by atoms with van der Waals surface area (Å²) in [5.74, 6) is 2.90. The standard InChI is InChI=1S/C19H25N7/c1-2-4-7-14(6-3-1)20-18-16-8-5-11-26(16)25-19(22-18)21-17-12-15(23-24-17)13-9-10-13/h5,8,11-14H,1-4,6-7,9-10H2,(H3,20,21,22,23,24,25). The summed E-state index contributed by atoms with van der Waals surface area (Å²) in [6.07, 6.45) is 12.2. The molecule has 136 valence electrons. The van der Waals surface area contributed by atoms with Crippen molar-refractivity contribution in [1.82, 2.24) is 24.8 Å². The maximum absolute atomic E-state index is 4.75. The number of aromatic amines is 1. The number of hydrogen-bond acceptors (Lipinski definition) is 5. The number of aromatic nitrogens is 5. The lowest BCUT2D eigenvalue weighted by Crippen LogP contribution is -2.20. The normalized spacial score (nSPS) is 18.8. The van der Waals surface area contributed by atoms with Crippen molar-refractivity contribution in [1.29, 1.82) is 0 Å². The van der Waals surface area contributed by atoms with Gasteiger partial charge in [0.15, 0.2) is 11.6 Å². The first-order chi connectivity index (χ1) is 12.8. The van der Waals surface area contributed by atoms with Gasteiger partial charge in [-0.1, -0.05) is 25.7 Å². The first-order valence-corrected chi connectivity index (χ1v) is 9.79. The SMILES string of the molecule is c1cc2c(NC3CCCCCC3)nc(Nc3cc(C4CC4)[nH]n3)nn2c1. The Bertz CT molecular complexity index is 884. The quantitative estimate of drug-likeness (QED) is 0.600. The van der Waals surface area contributed by atoms with Crippen LogP contribution in [0.3, 0.4) is 0 Å². The molecule has 3 aromatic heterocycles. The summed E-state index contributed by atoms with van der Waals surface area (Å²) in [5, 5.41) is 19.0. The van der Waals surface area contributed by atoms with Gasteiger partial charge in [0.1, 0.15) is 5.52 Å². The third-order valence-electron chi connectivity index (χ3n) is 5.44. The van der Waals surface area contributed by atoms with E-state index in [9.17, 15) is 0 Å². The van der Waals surface area contributed by atoms with Crippen LogP contribution in [0.1, 0.15) is 63.0 Å². The van der Waals surface area contributed by atoms with Gasteiger partial charge in [0, 0.05) is 29.9 Å². The molecule has 3 aromatic rings. The second kappa shape index (κ2) is 6.63. The Balaban J connectivity index is 1.40. The average molecular weight is 351 g/mol. The predicted octanol–water partition coefficient (Wildman–Crippen LogP) is 4.21. The molecule has 3 N–H and O–H groups in total. The second-order valence-corrected chi connectivity index (χ2v) is 7.56. The molecular weight excluding hydrogens is 326 g/mol. The molecule has 5 rings (SSSR count). The van der Waals surface area contributed by atoms with Gasteiger partial charge in [-0.05, 0) is 37.8 Å². The highest BCUT2D eigenvalue weighted by atomic mass is 15.3. The topological polar surface area (TPSA) is 82.9 Å². The fraction of sp³-hybridized carbons (Fsp3) is 0.526. The molecule has 0 bridgehead atoms. The van der Waals surface area contributed by atoms with Gasteiger partial charge in [-0.25, -0.2) is 4.52 Å². The van der Waals surface area contributed by atoms with Crippen molar-refractivity contribution in [3.63, 3.8) is 0 Å². The molecule has 3 heterocycles. The molecule has 2 saturated carbocycles. The van der Waals surface area contributed by atoms with Gasteiger partial charge in [-0.3, -0.25) is 5.10 Å². The van der Waals surface area contributed by atoms with Crippen molar-refractivity contribution in [3.05, 3.63) is 30.1 Å². The number of H-pyrrole nitrogens is 1. The Kier molecular flexibility index (Phi) is 3.99. The van der Waals surface area contributed by atoms with Gasteiger partial charge >= 0.3 is 0 Å². The van der Waals surface area contributed by atoms with E-state index in [0.717, 1.165) is 17.2 Å². The minimum absolute atomic E-state index is 0.491. The van der Waals surface area contributed by atoms with Crippen molar-refractivity contribution < 1.29 is 0 Å². The lowest BCUT2D eigenvalue weighted by molar-refractivity contribution is 0.617. The monoisotopic (exact) mass is 351 g/mol. The van der Waals surface area contributed by atoms with E-state index in [0.29, 0.717) is 17.9 Å². The van der Waals surface area contributed by atoms with Crippen molar-refractivity contribution in [2.24, 2.45) is 0 Å². The molecule has 0 unspecified atom stereocenters. The number of hydrogen-bond donors (Lipinski definition) is 3. The number of nitrogens with zero attached hydrogens (tertiary/aromatic N) is 4. The van der Waals surface area contributed by atoms with E-state index in [1.807, 2.05) is 16.8 Å². The van der Waals surface area contributed by atoms with E-state index in [4.69, 9.17) is 4.98 Å². The number of anilines is 3. The third kappa shape index (κ3) is 3.25. The highest BCUT2D eigenvalue weighted by Gasteiger charge is 2.25. The van der Waals surface area contributed by atoms with Crippen LogP contribution in [-0.2, 0) is 0 Å². The smallest absolute Gasteiger partial charge is 0.248 e. The molecule has 0 aliphatic heterocycles. The summed E-state index contributed by atoms with van der Waals surface area (Å²) in [6, 6.07) is 6.62. The van der Waals surface area contributed by atoms with Crippen LogP contribution in [0, 0.1) is 0 Å². The molecule has 0 spiro atoms. The van der Waals surface area contributed by atoms with Gasteiger partial charge in [0.2, 0.25) is 5.95 Å². The highest BCUT2D eigenvalue weighted by Crippen LogP contribution is 2.39. The number of rotatable bonds is 5. The number of fused-ring (bicyclic) bond motifs is 1. The first-order valence-electron chi connectivity index (χ1n) is 9.79. The largest absolute Gasteiger partial charge is 0.365 e. The summed E-state index contributed by atoms with van der Waals surface area (Å²) >= 11 is 0. The maximum atomic E-state index is 4.75. The Labute approximate surface area is 152 Å². The summed E-state index contributed by atoms with van der Waals surface area (Å²) in [7, 11) is 0. The van der Waals surface area contributed by atoms with Crippen LogP contribution in [0.4, 0.5) is 17.6 Å².